The summed E-state index contributed by atoms with van der Waals surface area (Å²) >= 11 is 0. The van der Waals surface area contributed by atoms with Crippen molar-refractivity contribution in [3.05, 3.63) is 0 Å². The molecule has 0 aromatic carbocycles. The lowest BCUT2D eigenvalue weighted by Crippen LogP contribution is -2.34. The van der Waals surface area contributed by atoms with Crippen molar-refractivity contribution in [2.45, 2.75) is 18.9 Å². The second kappa shape index (κ2) is 2.46. The van der Waals surface area contributed by atoms with Gasteiger partial charge >= 0.3 is 0 Å². The zero-order valence-corrected chi connectivity index (χ0v) is 5.30. The van der Waals surface area contributed by atoms with Crippen LogP contribution in [0.25, 0.3) is 0 Å². The summed E-state index contributed by atoms with van der Waals surface area (Å²) in [5.74, 6) is 0. The van der Waals surface area contributed by atoms with Gasteiger partial charge < -0.3 is 10.0 Å². The molecule has 0 radical (unpaired) electrons. The van der Waals surface area contributed by atoms with Crippen LogP contribution >= 0.6 is 0 Å². The molecule has 1 aliphatic rings. The molecular formula is C6H13NO. The SMILES string of the molecule is [13CH3]N1CCCC(O)C1. The molecule has 0 spiro atoms. The Bertz CT molecular complexity index is 66.9. The molecule has 2 nitrogen and oxygen atoms in total. The average Bonchev–Trinajstić information content (AvgIpc) is 1.64. The van der Waals surface area contributed by atoms with Crippen LogP contribution in [0.1, 0.15) is 12.8 Å². The molecule has 1 N–H and O–H groups in total. The fourth-order valence-electron chi connectivity index (χ4n) is 1.14. The molecule has 48 valence electrons. The number of aliphatic hydroxyl groups is 1. The molecule has 0 amide bonds. The lowest BCUT2D eigenvalue weighted by atomic mass is 10.1. The van der Waals surface area contributed by atoms with Gasteiger partial charge in [-0.15, -0.1) is 0 Å². The van der Waals surface area contributed by atoms with Crippen molar-refractivity contribution in [1.82, 2.24) is 4.90 Å². The third kappa shape index (κ3) is 1.46. The van der Waals surface area contributed by atoms with E-state index >= 15 is 0 Å². The van der Waals surface area contributed by atoms with E-state index in [1.807, 2.05) is 7.05 Å². The minimum atomic E-state index is -0.0613. The predicted octanol–water partition coefficient (Wildman–Crippen LogP) is 0.0729. The van der Waals surface area contributed by atoms with Crippen molar-refractivity contribution < 1.29 is 5.11 Å². The van der Waals surface area contributed by atoms with E-state index in [4.69, 9.17) is 5.11 Å². The topological polar surface area (TPSA) is 23.5 Å². The summed E-state index contributed by atoms with van der Waals surface area (Å²) in [4.78, 5) is 2.16. The Morgan fingerprint density at radius 1 is 1.62 bits per heavy atom. The summed E-state index contributed by atoms with van der Waals surface area (Å²) in [5.41, 5.74) is 0. The Balaban J connectivity index is 2.23. The quantitative estimate of drug-likeness (QED) is 0.453. The van der Waals surface area contributed by atoms with E-state index in [9.17, 15) is 0 Å². The van der Waals surface area contributed by atoms with E-state index in [0.717, 1.165) is 25.9 Å². The molecule has 1 unspecified atom stereocenters. The van der Waals surface area contributed by atoms with Gasteiger partial charge in [0.05, 0.1) is 6.10 Å². The number of likely N-dealkylation sites (tertiary alicyclic amines) is 1. The molecule has 1 atom stereocenters. The van der Waals surface area contributed by atoms with E-state index in [1.165, 1.54) is 0 Å². The van der Waals surface area contributed by atoms with Crippen LogP contribution in [0.3, 0.4) is 0 Å². The Hall–Kier alpha value is -0.0800. The summed E-state index contributed by atoms with van der Waals surface area (Å²) in [6.07, 6.45) is 2.08. The second-order valence-electron chi connectivity index (χ2n) is 2.56. The van der Waals surface area contributed by atoms with Crippen LogP contribution in [0.4, 0.5) is 0 Å². The van der Waals surface area contributed by atoms with Crippen molar-refractivity contribution in [3.8, 4) is 0 Å². The summed E-state index contributed by atoms with van der Waals surface area (Å²) in [5, 5.41) is 9.04. The Morgan fingerprint density at radius 3 is 2.75 bits per heavy atom. The minimum Gasteiger partial charge on any atom is -0.392 e. The van der Waals surface area contributed by atoms with Crippen LogP contribution in [0.15, 0.2) is 0 Å². The molecule has 1 fully saturated rings. The molecule has 1 saturated heterocycles. The van der Waals surface area contributed by atoms with Crippen molar-refractivity contribution in [2.24, 2.45) is 0 Å². The standard InChI is InChI=1S/C6H13NO/c1-7-4-2-3-6(8)5-7/h6,8H,2-5H2,1H3/i1+1. The van der Waals surface area contributed by atoms with Crippen molar-refractivity contribution in [3.63, 3.8) is 0 Å². The lowest BCUT2D eigenvalue weighted by Gasteiger charge is -2.25. The largest absolute Gasteiger partial charge is 0.392 e. The van der Waals surface area contributed by atoms with Crippen LogP contribution in [-0.2, 0) is 0 Å². The molecular weight excluding hydrogens is 103 g/mol. The fraction of sp³-hybridized carbons (Fsp3) is 1.00. The molecule has 8 heavy (non-hydrogen) atoms. The number of rotatable bonds is 0. The minimum absolute atomic E-state index is 0.0613. The zero-order chi connectivity index (χ0) is 5.98. The maximum Gasteiger partial charge on any atom is 0.0667 e. The van der Waals surface area contributed by atoms with Gasteiger partial charge in [-0.2, -0.15) is 0 Å². The normalized spacial score (nSPS) is 33.0. The number of likely N-dealkylation sites (N-methyl/N-ethyl adjacent to an activating group) is 1. The van der Waals surface area contributed by atoms with E-state index in [2.05, 4.69) is 4.90 Å². The van der Waals surface area contributed by atoms with Crippen molar-refractivity contribution in [1.29, 1.82) is 0 Å². The van der Waals surface area contributed by atoms with E-state index in [-0.39, 0.29) is 6.10 Å². The highest BCUT2D eigenvalue weighted by Gasteiger charge is 2.12. The molecule has 0 aromatic heterocycles. The van der Waals surface area contributed by atoms with E-state index < -0.39 is 0 Å². The fourth-order valence-corrected chi connectivity index (χ4v) is 1.14. The smallest absolute Gasteiger partial charge is 0.0667 e. The lowest BCUT2D eigenvalue weighted by molar-refractivity contribution is 0.0846. The van der Waals surface area contributed by atoms with Gasteiger partial charge in [0.2, 0.25) is 0 Å². The first-order chi connectivity index (χ1) is 3.79. The Labute approximate surface area is 50.1 Å². The van der Waals surface area contributed by atoms with Gasteiger partial charge in [-0.05, 0) is 26.4 Å². The molecule has 2 heteroatoms. The van der Waals surface area contributed by atoms with Gasteiger partial charge in [-0.3, -0.25) is 0 Å². The van der Waals surface area contributed by atoms with Gasteiger partial charge in [0, 0.05) is 6.54 Å². The van der Waals surface area contributed by atoms with Crippen LogP contribution in [0.5, 0.6) is 0 Å². The van der Waals surface area contributed by atoms with E-state index in [1.54, 1.807) is 0 Å². The summed E-state index contributed by atoms with van der Waals surface area (Å²) in [6, 6.07) is 0. The number of hydrogen-bond donors (Lipinski definition) is 1. The van der Waals surface area contributed by atoms with Gasteiger partial charge in [0.1, 0.15) is 0 Å². The third-order valence-corrected chi connectivity index (χ3v) is 1.60. The maximum absolute atomic E-state index is 9.04. The summed E-state index contributed by atoms with van der Waals surface area (Å²) in [6.45, 7) is 2.01. The number of hydrogen-bond acceptors (Lipinski definition) is 2. The van der Waals surface area contributed by atoms with Crippen LogP contribution < -0.4 is 0 Å². The first-order valence-electron chi connectivity index (χ1n) is 3.15. The van der Waals surface area contributed by atoms with Crippen molar-refractivity contribution in [2.75, 3.05) is 20.1 Å². The zero-order valence-electron chi connectivity index (χ0n) is 5.30. The third-order valence-electron chi connectivity index (χ3n) is 1.60. The first-order valence-corrected chi connectivity index (χ1v) is 3.15. The van der Waals surface area contributed by atoms with Crippen LogP contribution in [0.2, 0.25) is 0 Å². The molecule has 1 heterocycles. The highest BCUT2D eigenvalue weighted by Crippen LogP contribution is 2.06. The number of aliphatic hydroxyl groups excluding tert-OH is 1. The predicted molar refractivity (Wildman–Crippen MR) is 32.7 cm³/mol. The molecule has 1 aliphatic heterocycles. The number of piperidine rings is 1. The molecule has 0 bridgehead atoms. The molecule has 1 rings (SSSR count). The maximum atomic E-state index is 9.04. The van der Waals surface area contributed by atoms with Crippen LogP contribution in [-0.4, -0.2) is 36.2 Å². The van der Waals surface area contributed by atoms with Gasteiger partial charge in [-0.25, -0.2) is 0 Å². The summed E-state index contributed by atoms with van der Waals surface area (Å²) < 4.78 is 0. The average molecular weight is 116 g/mol. The van der Waals surface area contributed by atoms with Crippen molar-refractivity contribution >= 4 is 0 Å². The Kier molecular flexibility index (Phi) is 1.86. The number of β-amino-alcohol motifs (C(OH)–C–C–N with tert-alkyl or cyclic N) is 1. The van der Waals surface area contributed by atoms with Gasteiger partial charge in [-0.1, -0.05) is 0 Å². The molecule has 0 saturated carbocycles. The monoisotopic (exact) mass is 116 g/mol. The second-order valence-corrected chi connectivity index (χ2v) is 2.56. The highest BCUT2D eigenvalue weighted by molar-refractivity contribution is 4.67. The Morgan fingerprint density at radius 2 is 2.38 bits per heavy atom. The van der Waals surface area contributed by atoms with Gasteiger partial charge in [0.15, 0.2) is 0 Å². The first kappa shape index (κ1) is 6.05. The number of nitrogens with zero attached hydrogens (tertiary/aromatic N) is 1. The van der Waals surface area contributed by atoms with Gasteiger partial charge in [0.25, 0.3) is 0 Å². The molecule has 0 aromatic rings. The summed E-state index contributed by atoms with van der Waals surface area (Å²) in [7, 11) is 2.04. The highest BCUT2D eigenvalue weighted by atomic mass is 16.3. The van der Waals surface area contributed by atoms with E-state index in [0.29, 0.717) is 0 Å². The van der Waals surface area contributed by atoms with Crippen LogP contribution in [0, 0.1) is 0 Å². The molecule has 0 aliphatic carbocycles.